The zero-order valence-corrected chi connectivity index (χ0v) is 21.4. The highest BCUT2D eigenvalue weighted by Crippen LogP contribution is 2.63. The molecule has 0 aliphatic heterocycles. The van der Waals surface area contributed by atoms with Crippen LogP contribution in [0.15, 0.2) is 42.5 Å². The molecule has 0 radical (unpaired) electrons. The molecule has 5 rings (SSSR count). The molecule has 4 unspecified atom stereocenters. The number of fused-ring (bicyclic) bond motifs is 2. The van der Waals surface area contributed by atoms with Crippen LogP contribution in [-0.2, 0) is 4.79 Å². The number of carbonyl (C=O) groups is 1. The van der Waals surface area contributed by atoms with Crippen molar-refractivity contribution in [2.75, 3.05) is 0 Å². The molecule has 2 aliphatic carbocycles. The normalized spacial score (nSPS) is 30.3. The van der Waals surface area contributed by atoms with E-state index < -0.39 is 11.0 Å². The predicted octanol–water partition coefficient (Wildman–Crippen LogP) is 7.22. The van der Waals surface area contributed by atoms with Crippen LogP contribution in [0.5, 0.6) is 17.4 Å². The second-order valence-electron chi connectivity index (χ2n) is 11.5. The minimum atomic E-state index is -0.496. The fourth-order valence-corrected chi connectivity index (χ4v) is 7.25. The van der Waals surface area contributed by atoms with Gasteiger partial charge in [0.25, 0.3) is 0 Å². The maximum absolute atomic E-state index is 13.1. The molecule has 2 saturated carbocycles. The van der Waals surface area contributed by atoms with Crippen molar-refractivity contribution in [3.63, 3.8) is 0 Å². The molecule has 2 fully saturated rings. The smallest absolute Gasteiger partial charge is 0.197 e. The number of aromatic nitrogens is 1. The topological polar surface area (TPSA) is 82.5 Å². The fraction of sp³-hybridized carbons (Fsp3) is 0.500. The summed E-state index contributed by atoms with van der Waals surface area (Å²) in [7, 11) is 0. The highest BCUT2D eigenvalue weighted by atomic mass is 16.5. The Labute approximate surface area is 207 Å². The van der Waals surface area contributed by atoms with Crippen LogP contribution in [0.2, 0.25) is 0 Å². The largest absolute Gasteiger partial charge is 0.508 e. The third-order valence-electron chi connectivity index (χ3n) is 9.78. The summed E-state index contributed by atoms with van der Waals surface area (Å²) in [6, 6.07) is 12.8. The number of hydrogen-bond donors (Lipinski definition) is 3. The van der Waals surface area contributed by atoms with Crippen LogP contribution in [0.4, 0.5) is 0 Å². The lowest BCUT2D eigenvalue weighted by molar-refractivity contribution is -0.202. The number of phenols is 1. The number of aromatic hydroxyl groups is 2. The van der Waals surface area contributed by atoms with E-state index in [1.807, 2.05) is 30.3 Å². The van der Waals surface area contributed by atoms with Crippen LogP contribution < -0.4 is 4.74 Å². The van der Waals surface area contributed by atoms with Gasteiger partial charge < -0.3 is 19.9 Å². The minimum absolute atomic E-state index is 0.0944. The van der Waals surface area contributed by atoms with Gasteiger partial charge in [0, 0.05) is 28.6 Å². The summed E-state index contributed by atoms with van der Waals surface area (Å²) in [5.41, 5.74) is 0.557. The molecule has 5 heteroatoms. The average Bonchev–Trinajstić information content (AvgIpc) is 3.17. The van der Waals surface area contributed by atoms with Gasteiger partial charge in [-0.2, -0.15) is 0 Å². The van der Waals surface area contributed by atoms with E-state index in [4.69, 9.17) is 4.74 Å². The van der Waals surface area contributed by atoms with Crippen LogP contribution >= 0.6 is 0 Å². The van der Waals surface area contributed by atoms with Gasteiger partial charge in [0.15, 0.2) is 5.88 Å². The Hall–Kier alpha value is -2.95. The Morgan fingerprint density at radius 2 is 1.77 bits per heavy atom. The summed E-state index contributed by atoms with van der Waals surface area (Å²) in [6.45, 7) is 11.1. The summed E-state index contributed by atoms with van der Waals surface area (Å²) in [5.74, 6) is 1.91. The molecule has 1 aromatic heterocycles. The number of rotatable bonds is 4. The molecule has 3 N–H and O–H groups in total. The van der Waals surface area contributed by atoms with E-state index in [-0.39, 0.29) is 23.0 Å². The molecular weight excluding hydrogens is 438 g/mol. The monoisotopic (exact) mass is 475 g/mol. The summed E-state index contributed by atoms with van der Waals surface area (Å²) < 4.78 is 7.29. The van der Waals surface area contributed by atoms with Crippen molar-refractivity contribution in [2.45, 2.75) is 72.3 Å². The van der Waals surface area contributed by atoms with E-state index >= 15 is 0 Å². The summed E-state index contributed by atoms with van der Waals surface area (Å²) in [5, 5.41) is 22.1. The Morgan fingerprint density at radius 3 is 2.46 bits per heavy atom. The number of Topliss-reactive ketones (excluding diaryl/α,β-unsaturated/α-hetero) is 1. The van der Waals surface area contributed by atoms with Crippen molar-refractivity contribution in [1.29, 1.82) is 0 Å². The van der Waals surface area contributed by atoms with Gasteiger partial charge in [-0.05, 0) is 73.6 Å². The van der Waals surface area contributed by atoms with Gasteiger partial charge in [-0.3, -0.25) is 4.79 Å². The van der Waals surface area contributed by atoms with Gasteiger partial charge in [-0.25, -0.2) is 0 Å². The van der Waals surface area contributed by atoms with Crippen molar-refractivity contribution >= 4 is 16.6 Å². The molecule has 35 heavy (non-hydrogen) atoms. The number of hydrogen-bond acceptors (Lipinski definition) is 4. The van der Waals surface area contributed by atoms with Crippen LogP contribution in [0, 0.1) is 22.7 Å². The van der Waals surface area contributed by atoms with Crippen molar-refractivity contribution < 1.29 is 19.7 Å². The van der Waals surface area contributed by atoms with Gasteiger partial charge in [-0.15, -0.1) is 0 Å². The quantitative estimate of drug-likeness (QED) is 0.372. The Balaban J connectivity index is 1.72. The standard InChI is InChI=1S/C30H37NO4/c1-6-29(5)18(2)10-15-23-28(3,4)24(33)16-17-30(23,29)35-22-9-7-8-21-25(22)26(31-27(21)34)19-11-13-20(32)14-12-19/h7-9,11-14,18,23,31-32,34H,6,10,15-17H2,1-5H3. The third kappa shape index (κ3) is 3.30. The molecule has 0 saturated heterocycles. The lowest BCUT2D eigenvalue weighted by atomic mass is 9.45. The molecule has 5 nitrogen and oxygen atoms in total. The average molecular weight is 476 g/mol. The van der Waals surface area contributed by atoms with Crippen LogP contribution in [0.1, 0.15) is 66.7 Å². The van der Waals surface area contributed by atoms with Gasteiger partial charge in [0.2, 0.25) is 0 Å². The highest BCUT2D eigenvalue weighted by Gasteiger charge is 2.65. The molecule has 2 aromatic carbocycles. The number of ketones is 1. The molecule has 2 aliphatic rings. The van der Waals surface area contributed by atoms with E-state index in [0.29, 0.717) is 29.9 Å². The van der Waals surface area contributed by atoms with E-state index in [1.54, 1.807) is 12.1 Å². The molecule has 1 heterocycles. The van der Waals surface area contributed by atoms with Crippen molar-refractivity contribution in [3.05, 3.63) is 42.5 Å². The Kier molecular flexibility index (Phi) is 5.46. The van der Waals surface area contributed by atoms with Gasteiger partial charge >= 0.3 is 0 Å². The first-order chi connectivity index (χ1) is 16.5. The van der Waals surface area contributed by atoms with Gasteiger partial charge in [-0.1, -0.05) is 40.7 Å². The lowest BCUT2D eigenvalue weighted by Gasteiger charge is -2.63. The predicted molar refractivity (Wildman–Crippen MR) is 139 cm³/mol. The first-order valence-corrected chi connectivity index (χ1v) is 12.9. The zero-order valence-electron chi connectivity index (χ0n) is 21.4. The first-order valence-electron chi connectivity index (χ1n) is 12.9. The molecule has 0 bridgehead atoms. The summed E-state index contributed by atoms with van der Waals surface area (Å²) in [6.07, 6.45) is 4.24. The second kappa shape index (κ2) is 8.04. The summed E-state index contributed by atoms with van der Waals surface area (Å²) >= 11 is 0. The Bertz CT molecular complexity index is 1270. The number of ether oxygens (including phenoxy) is 1. The van der Waals surface area contributed by atoms with E-state index in [0.717, 1.165) is 41.7 Å². The van der Waals surface area contributed by atoms with Crippen molar-refractivity contribution in [1.82, 2.24) is 4.98 Å². The fourth-order valence-electron chi connectivity index (χ4n) is 7.25. The number of aromatic amines is 1. The van der Waals surface area contributed by atoms with Crippen LogP contribution in [-0.4, -0.2) is 26.6 Å². The highest BCUT2D eigenvalue weighted by molar-refractivity contribution is 6.03. The van der Waals surface area contributed by atoms with Crippen molar-refractivity contribution in [3.8, 4) is 28.6 Å². The molecule has 0 spiro atoms. The zero-order chi connectivity index (χ0) is 25.2. The SMILES string of the molecule is CCC1(C)C(C)CCC2C(C)(C)C(=O)CCC21Oc1cccc2c(O)[nH]c(-c3ccc(O)cc3)c12. The first kappa shape index (κ1) is 23.8. The van der Waals surface area contributed by atoms with E-state index in [9.17, 15) is 15.0 Å². The van der Waals surface area contributed by atoms with Crippen LogP contribution in [0.25, 0.3) is 22.0 Å². The number of nitrogens with one attached hydrogen (secondary N) is 1. The summed E-state index contributed by atoms with van der Waals surface area (Å²) in [4.78, 5) is 16.3. The number of phenolic OH excluding ortho intramolecular Hbond substituents is 1. The Morgan fingerprint density at radius 1 is 1.06 bits per heavy atom. The van der Waals surface area contributed by atoms with Crippen LogP contribution in [0.3, 0.4) is 0 Å². The second-order valence-corrected chi connectivity index (χ2v) is 11.5. The van der Waals surface area contributed by atoms with Gasteiger partial charge in [0.1, 0.15) is 22.9 Å². The third-order valence-corrected chi connectivity index (χ3v) is 9.78. The van der Waals surface area contributed by atoms with Crippen molar-refractivity contribution in [2.24, 2.45) is 22.7 Å². The minimum Gasteiger partial charge on any atom is -0.508 e. The molecule has 4 atom stereocenters. The number of benzene rings is 2. The molecule has 3 aromatic rings. The molecule has 0 amide bonds. The molecule has 186 valence electrons. The van der Waals surface area contributed by atoms with E-state index in [1.165, 1.54) is 0 Å². The maximum Gasteiger partial charge on any atom is 0.197 e. The lowest BCUT2D eigenvalue weighted by Crippen LogP contribution is -2.67. The number of carbonyl (C=O) groups excluding carboxylic acids is 1. The molecular formula is C30H37NO4. The van der Waals surface area contributed by atoms with Gasteiger partial charge in [0.05, 0.1) is 11.1 Å². The number of H-pyrrole nitrogens is 1. The van der Waals surface area contributed by atoms with E-state index in [2.05, 4.69) is 39.6 Å². The maximum atomic E-state index is 13.1.